The minimum absolute atomic E-state index is 0.0509. The maximum absolute atomic E-state index is 13.8. The zero-order chi connectivity index (χ0) is 17.1. The molecule has 2 heterocycles. The lowest BCUT2D eigenvalue weighted by atomic mass is 10.1. The Morgan fingerprint density at radius 3 is 2.58 bits per heavy atom. The van der Waals surface area contributed by atoms with Crippen LogP contribution in [0.15, 0.2) is 18.2 Å². The van der Waals surface area contributed by atoms with Crippen molar-refractivity contribution >= 4 is 0 Å². The van der Waals surface area contributed by atoms with Crippen molar-refractivity contribution in [2.75, 3.05) is 52.4 Å². The first-order chi connectivity index (χ1) is 11.6. The second-order valence-electron chi connectivity index (χ2n) is 6.85. The summed E-state index contributed by atoms with van der Waals surface area (Å²) >= 11 is 0. The predicted molar refractivity (Wildman–Crippen MR) is 89.8 cm³/mol. The highest BCUT2D eigenvalue weighted by Crippen LogP contribution is 2.23. The smallest absolute Gasteiger partial charge is 0.129 e. The largest absolute Gasteiger partial charge is 0.387 e. The van der Waals surface area contributed by atoms with E-state index in [2.05, 4.69) is 21.6 Å². The molecule has 2 aliphatic heterocycles. The summed E-state index contributed by atoms with van der Waals surface area (Å²) in [6, 6.07) is 3.76. The average Bonchev–Trinajstić information content (AvgIpc) is 3.05. The van der Waals surface area contributed by atoms with Crippen molar-refractivity contribution in [1.82, 2.24) is 14.7 Å². The first kappa shape index (κ1) is 17.7. The lowest BCUT2D eigenvalue weighted by Crippen LogP contribution is -2.50. The number of halogens is 2. The van der Waals surface area contributed by atoms with Crippen molar-refractivity contribution in [2.24, 2.45) is 0 Å². The number of likely N-dealkylation sites (N-methyl/N-ethyl adjacent to an activating group) is 1. The monoisotopic (exact) mass is 339 g/mol. The Bertz CT molecular complexity index is 549. The molecule has 24 heavy (non-hydrogen) atoms. The summed E-state index contributed by atoms with van der Waals surface area (Å²) in [5.74, 6) is -1.06. The van der Waals surface area contributed by atoms with Gasteiger partial charge in [-0.3, -0.25) is 9.80 Å². The van der Waals surface area contributed by atoms with Gasteiger partial charge in [0.1, 0.15) is 11.6 Å². The highest BCUT2D eigenvalue weighted by atomic mass is 19.1. The summed E-state index contributed by atoms with van der Waals surface area (Å²) in [6.45, 7) is 9.85. The zero-order valence-corrected chi connectivity index (χ0v) is 14.3. The van der Waals surface area contributed by atoms with Gasteiger partial charge in [0.05, 0.1) is 6.10 Å². The number of nitrogens with zero attached hydrogens (tertiary/aromatic N) is 3. The van der Waals surface area contributed by atoms with Crippen molar-refractivity contribution in [2.45, 2.75) is 25.5 Å². The minimum Gasteiger partial charge on any atom is -0.387 e. The second-order valence-corrected chi connectivity index (χ2v) is 6.85. The molecule has 134 valence electrons. The van der Waals surface area contributed by atoms with Crippen molar-refractivity contribution in [3.8, 4) is 0 Å². The van der Waals surface area contributed by atoms with Gasteiger partial charge in [0.2, 0.25) is 0 Å². The van der Waals surface area contributed by atoms with Crippen molar-refractivity contribution < 1.29 is 13.9 Å². The lowest BCUT2D eigenvalue weighted by Gasteiger charge is -2.37. The maximum Gasteiger partial charge on any atom is 0.129 e. The third-order valence-corrected chi connectivity index (χ3v) is 5.37. The zero-order valence-electron chi connectivity index (χ0n) is 14.3. The Kier molecular flexibility index (Phi) is 5.81. The van der Waals surface area contributed by atoms with Crippen LogP contribution in [0, 0.1) is 11.6 Å². The van der Waals surface area contributed by atoms with E-state index in [-0.39, 0.29) is 5.56 Å². The molecular weight excluding hydrogens is 312 g/mol. The Balaban J connectivity index is 1.52. The van der Waals surface area contributed by atoms with E-state index >= 15 is 0 Å². The number of rotatable bonds is 5. The van der Waals surface area contributed by atoms with Crippen molar-refractivity contribution in [3.63, 3.8) is 0 Å². The van der Waals surface area contributed by atoms with Crippen molar-refractivity contribution in [3.05, 3.63) is 35.4 Å². The van der Waals surface area contributed by atoms with Crippen LogP contribution in [0.3, 0.4) is 0 Å². The molecule has 6 heteroatoms. The topological polar surface area (TPSA) is 30.0 Å². The fourth-order valence-corrected chi connectivity index (χ4v) is 3.83. The number of hydrogen-bond donors (Lipinski definition) is 1. The van der Waals surface area contributed by atoms with Gasteiger partial charge in [-0.2, -0.15) is 0 Å². The van der Waals surface area contributed by atoms with Crippen LogP contribution < -0.4 is 0 Å². The van der Waals surface area contributed by atoms with Gasteiger partial charge in [-0.25, -0.2) is 8.78 Å². The van der Waals surface area contributed by atoms with E-state index in [0.29, 0.717) is 12.6 Å². The number of aliphatic hydroxyl groups excluding tert-OH is 1. The van der Waals surface area contributed by atoms with E-state index in [4.69, 9.17) is 0 Å². The van der Waals surface area contributed by atoms with Gasteiger partial charge in [-0.15, -0.1) is 0 Å². The van der Waals surface area contributed by atoms with Gasteiger partial charge in [0.15, 0.2) is 0 Å². The SMILES string of the molecule is CCN1CCN(C2CCN(CC(O)c3cc(F)ccc3F)C2)CC1. The molecule has 0 aliphatic carbocycles. The van der Waals surface area contributed by atoms with Crippen LogP contribution in [0.1, 0.15) is 25.0 Å². The van der Waals surface area contributed by atoms with Crippen LogP contribution in [-0.2, 0) is 0 Å². The second kappa shape index (κ2) is 7.87. The van der Waals surface area contributed by atoms with Gasteiger partial charge < -0.3 is 10.0 Å². The molecule has 1 aromatic carbocycles. The van der Waals surface area contributed by atoms with Gasteiger partial charge >= 0.3 is 0 Å². The van der Waals surface area contributed by atoms with E-state index in [1.165, 1.54) is 0 Å². The first-order valence-electron chi connectivity index (χ1n) is 8.88. The molecule has 2 fully saturated rings. The molecule has 0 spiro atoms. The van der Waals surface area contributed by atoms with E-state index in [0.717, 1.165) is 70.4 Å². The molecule has 2 aliphatic rings. The Morgan fingerprint density at radius 1 is 1.12 bits per heavy atom. The number of benzene rings is 1. The molecule has 1 aromatic rings. The molecule has 2 saturated heterocycles. The summed E-state index contributed by atoms with van der Waals surface area (Å²) in [4.78, 5) is 7.15. The number of piperazine rings is 1. The van der Waals surface area contributed by atoms with E-state index < -0.39 is 17.7 Å². The number of likely N-dealkylation sites (tertiary alicyclic amines) is 1. The first-order valence-corrected chi connectivity index (χ1v) is 8.88. The highest BCUT2D eigenvalue weighted by Gasteiger charge is 2.31. The number of aliphatic hydroxyl groups is 1. The van der Waals surface area contributed by atoms with Crippen LogP contribution in [0.4, 0.5) is 8.78 Å². The average molecular weight is 339 g/mol. The third-order valence-electron chi connectivity index (χ3n) is 5.37. The lowest BCUT2D eigenvalue weighted by molar-refractivity contribution is 0.0905. The summed E-state index contributed by atoms with van der Waals surface area (Å²) < 4.78 is 27.1. The molecule has 0 amide bonds. The van der Waals surface area contributed by atoms with Crippen LogP contribution in [0.2, 0.25) is 0 Å². The quantitative estimate of drug-likeness (QED) is 0.885. The normalized spacial score (nSPS) is 25.2. The van der Waals surface area contributed by atoms with E-state index in [1.54, 1.807) is 0 Å². The van der Waals surface area contributed by atoms with Crippen LogP contribution >= 0.6 is 0 Å². The fourth-order valence-electron chi connectivity index (χ4n) is 3.83. The molecule has 2 atom stereocenters. The maximum atomic E-state index is 13.8. The predicted octanol–water partition coefficient (Wildman–Crippen LogP) is 1.71. The van der Waals surface area contributed by atoms with Gasteiger partial charge in [-0.1, -0.05) is 6.92 Å². The fraction of sp³-hybridized carbons (Fsp3) is 0.667. The molecular formula is C18H27F2N3O. The summed E-state index contributed by atoms with van der Waals surface area (Å²) in [5, 5.41) is 10.3. The van der Waals surface area contributed by atoms with E-state index in [9.17, 15) is 13.9 Å². The van der Waals surface area contributed by atoms with Gasteiger partial charge in [0, 0.05) is 50.9 Å². The third kappa shape index (κ3) is 4.11. The molecule has 4 nitrogen and oxygen atoms in total. The molecule has 3 rings (SSSR count). The minimum atomic E-state index is -0.989. The number of β-amino-alcohol motifs (C(OH)–C–C–N with tert-alkyl or cyclic N) is 1. The molecule has 0 saturated carbocycles. The summed E-state index contributed by atoms with van der Waals surface area (Å²) in [6.07, 6.45) is 0.0844. The molecule has 0 bridgehead atoms. The van der Waals surface area contributed by atoms with Crippen LogP contribution in [0.5, 0.6) is 0 Å². The summed E-state index contributed by atoms with van der Waals surface area (Å²) in [7, 11) is 0. The van der Waals surface area contributed by atoms with Crippen molar-refractivity contribution in [1.29, 1.82) is 0 Å². The Hall–Kier alpha value is -1.08. The molecule has 2 unspecified atom stereocenters. The number of hydrogen-bond acceptors (Lipinski definition) is 4. The molecule has 0 radical (unpaired) electrons. The Morgan fingerprint density at radius 2 is 1.88 bits per heavy atom. The van der Waals surface area contributed by atoms with E-state index in [1.807, 2.05) is 0 Å². The van der Waals surface area contributed by atoms with Crippen LogP contribution in [-0.4, -0.2) is 78.2 Å². The van der Waals surface area contributed by atoms with Gasteiger partial charge in [0.25, 0.3) is 0 Å². The Labute approximate surface area is 142 Å². The van der Waals surface area contributed by atoms with Crippen LogP contribution in [0.25, 0.3) is 0 Å². The molecule has 1 N–H and O–H groups in total. The molecule has 0 aromatic heterocycles. The standard InChI is InChI=1S/C18H27F2N3O/c1-2-21-7-9-23(10-8-21)15-5-6-22(12-15)13-18(24)16-11-14(19)3-4-17(16)20/h3-4,11,15,18,24H,2,5-10,12-13H2,1H3. The van der Waals surface area contributed by atoms with Gasteiger partial charge in [-0.05, 0) is 37.7 Å². The summed E-state index contributed by atoms with van der Waals surface area (Å²) in [5.41, 5.74) is 0.0509. The highest BCUT2D eigenvalue weighted by molar-refractivity contribution is 5.21.